The summed E-state index contributed by atoms with van der Waals surface area (Å²) in [5.74, 6) is 1.58. The van der Waals surface area contributed by atoms with Gasteiger partial charge in [-0.1, -0.05) is 24.3 Å². The van der Waals surface area contributed by atoms with Gasteiger partial charge in [0.25, 0.3) is 0 Å². The van der Waals surface area contributed by atoms with Crippen molar-refractivity contribution in [3.63, 3.8) is 0 Å². The average Bonchev–Trinajstić information content (AvgIpc) is 2.92. The lowest BCUT2D eigenvalue weighted by molar-refractivity contribution is 0.103. The summed E-state index contributed by atoms with van der Waals surface area (Å²) < 4.78 is 12.0. The number of anilines is 2. The first kappa shape index (κ1) is 22.9. The number of para-hydroxylation sites is 2. The first-order valence-electron chi connectivity index (χ1n) is 11.7. The van der Waals surface area contributed by atoms with Crippen molar-refractivity contribution < 1.29 is 14.3 Å². The summed E-state index contributed by atoms with van der Waals surface area (Å²) in [6.07, 6.45) is 0. The van der Waals surface area contributed by atoms with E-state index in [4.69, 9.17) is 9.47 Å². The minimum absolute atomic E-state index is 0.0287. The molecule has 0 N–H and O–H groups in total. The number of thiol groups is 2. The van der Waals surface area contributed by atoms with Crippen LogP contribution in [-0.4, -0.2) is 19.2 Å². The van der Waals surface area contributed by atoms with Crippen LogP contribution < -0.4 is 19.3 Å². The molecule has 6 rings (SSSR count). The Bertz CT molecular complexity index is 1360. The number of nitrogens with zero attached hydrogens (tertiary/aromatic N) is 2. The third kappa shape index (κ3) is 4.29. The fourth-order valence-electron chi connectivity index (χ4n) is 4.71. The first-order valence-corrected chi connectivity index (χ1v) is 12.6. The van der Waals surface area contributed by atoms with Crippen LogP contribution >= 0.6 is 25.3 Å². The number of ether oxygens (including phenoxy) is 2. The van der Waals surface area contributed by atoms with Crippen molar-refractivity contribution in [3.05, 3.63) is 107 Å². The molecule has 2 heterocycles. The molecule has 0 amide bonds. The fourth-order valence-corrected chi connectivity index (χ4v) is 5.31. The molecule has 2 aliphatic rings. The Balaban J connectivity index is 1.25. The monoisotopic (exact) mass is 512 g/mol. The molecule has 180 valence electrons. The third-order valence-corrected chi connectivity index (χ3v) is 7.32. The van der Waals surface area contributed by atoms with Crippen LogP contribution in [-0.2, 0) is 13.1 Å². The molecule has 0 spiro atoms. The smallest absolute Gasteiger partial charge is 0.193 e. The standard InChI is InChI=1S/C29H24N2O3S2/c32-29(19-9-11-25-21(13-19)15-30(17-33-25)23-5-1-3-7-27(23)35)20-10-12-26-22(14-20)16-31(18-34-26)24-6-2-4-8-28(24)36/h1-14,35-36H,15-18H2. The van der Waals surface area contributed by atoms with E-state index in [0.29, 0.717) is 37.7 Å². The van der Waals surface area contributed by atoms with Gasteiger partial charge in [0.05, 0.1) is 11.4 Å². The summed E-state index contributed by atoms with van der Waals surface area (Å²) in [6, 6.07) is 27.2. The molecule has 0 bridgehead atoms. The number of carbonyl (C=O) groups is 1. The summed E-state index contributed by atoms with van der Waals surface area (Å²) >= 11 is 9.17. The highest BCUT2D eigenvalue weighted by atomic mass is 32.1. The van der Waals surface area contributed by atoms with Gasteiger partial charge in [-0.3, -0.25) is 4.79 Å². The number of hydrogen-bond donors (Lipinski definition) is 2. The van der Waals surface area contributed by atoms with Gasteiger partial charge in [-0.15, -0.1) is 25.3 Å². The van der Waals surface area contributed by atoms with Crippen molar-refractivity contribution in [2.45, 2.75) is 22.9 Å². The summed E-state index contributed by atoms with van der Waals surface area (Å²) in [4.78, 5) is 19.5. The Labute approximate surface area is 221 Å². The van der Waals surface area contributed by atoms with Crippen LogP contribution in [0.3, 0.4) is 0 Å². The maximum Gasteiger partial charge on any atom is 0.193 e. The third-order valence-electron chi connectivity index (χ3n) is 6.56. The van der Waals surface area contributed by atoms with E-state index < -0.39 is 0 Å². The molecule has 5 nitrogen and oxygen atoms in total. The van der Waals surface area contributed by atoms with Gasteiger partial charge < -0.3 is 19.3 Å². The van der Waals surface area contributed by atoms with Gasteiger partial charge >= 0.3 is 0 Å². The van der Waals surface area contributed by atoms with E-state index in [1.54, 1.807) is 0 Å². The lowest BCUT2D eigenvalue weighted by Crippen LogP contribution is -2.32. The molecule has 0 atom stereocenters. The SMILES string of the molecule is O=C(c1ccc2c(c1)CN(c1ccccc1S)CO2)c1ccc2c(c1)CN(c1ccccc1S)CO2. The summed E-state index contributed by atoms with van der Waals surface area (Å²) in [5.41, 5.74) is 5.22. The summed E-state index contributed by atoms with van der Waals surface area (Å²) in [7, 11) is 0. The fraction of sp³-hybridized carbons (Fsp3) is 0.138. The molecule has 0 radical (unpaired) electrons. The molecular weight excluding hydrogens is 488 g/mol. The zero-order chi connectivity index (χ0) is 24.6. The van der Waals surface area contributed by atoms with E-state index in [1.807, 2.05) is 84.9 Å². The van der Waals surface area contributed by atoms with Gasteiger partial charge in [0.15, 0.2) is 19.2 Å². The van der Waals surface area contributed by atoms with Crippen LogP contribution in [0.2, 0.25) is 0 Å². The molecule has 4 aromatic rings. The minimum atomic E-state index is -0.0287. The van der Waals surface area contributed by atoms with E-state index in [2.05, 4.69) is 35.1 Å². The molecule has 7 heteroatoms. The highest BCUT2D eigenvalue weighted by Gasteiger charge is 2.23. The number of rotatable bonds is 4. The normalized spacial score (nSPS) is 14.4. The van der Waals surface area contributed by atoms with Crippen molar-refractivity contribution in [2.24, 2.45) is 0 Å². The molecule has 0 aromatic heterocycles. The van der Waals surface area contributed by atoms with Gasteiger partial charge in [0.2, 0.25) is 0 Å². The Kier molecular flexibility index (Phi) is 6.03. The Morgan fingerprint density at radius 2 is 1.08 bits per heavy atom. The Morgan fingerprint density at radius 1 is 0.639 bits per heavy atom. The second-order valence-corrected chi connectivity index (χ2v) is 9.86. The lowest BCUT2D eigenvalue weighted by atomic mass is 9.98. The first-order chi connectivity index (χ1) is 17.6. The zero-order valence-electron chi connectivity index (χ0n) is 19.4. The molecule has 2 aliphatic heterocycles. The molecule has 0 fully saturated rings. The second-order valence-electron chi connectivity index (χ2n) is 8.89. The van der Waals surface area contributed by atoms with Crippen LogP contribution in [0.5, 0.6) is 11.5 Å². The number of hydrogen-bond acceptors (Lipinski definition) is 7. The van der Waals surface area contributed by atoms with Crippen molar-refractivity contribution in [1.82, 2.24) is 0 Å². The second kappa shape index (κ2) is 9.48. The van der Waals surface area contributed by atoms with Gasteiger partial charge in [-0.05, 0) is 60.7 Å². The molecule has 0 unspecified atom stereocenters. The molecule has 0 saturated carbocycles. The van der Waals surface area contributed by atoms with Gasteiger partial charge in [0, 0.05) is 45.1 Å². The van der Waals surface area contributed by atoms with Gasteiger partial charge in [0.1, 0.15) is 11.5 Å². The highest BCUT2D eigenvalue weighted by Crippen LogP contribution is 2.34. The van der Waals surface area contributed by atoms with Crippen LogP contribution in [0.1, 0.15) is 27.0 Å². The number of ketones is 1. The summed E-state index contributed by atoms with van der Waals surface area (Å²) in [5, 5.41) is 0. The predicted molar refractivity (Wildman–Crippen MR) is 147 cm³/mol. The van der Waals surface area contributed by atoms with E-state index in [1.165, 1.54) is 0 Å². The number of fused-ring (bicyclic) bond motifs is 2. The number of carbonyl (C=O) groups excluding carboxylic acids is 1. The van der Waals surface area contributed by atoms with E-state index in [-0.39, 0.29) is 5.78 Å². The topological polar surface area (TPSA) is 42.0 Å². The van der Waals surface area contributed by atoms with E-state index in [0.717, 1.165) is 43.8 Å². The molecule has 4 aromatic carbocycles. The highest BCUT2D eigenvalue weighted by molar-refractivity contribution is 7.80. The zero-order valence-corrected chi connectivity index (χ0v) is 21.2. The predicted octanol–water partition coefficient (Wildman–Crippen LogP) is 6.21. The van der Waals surface area contributed by atoms with E-state index >= 15 is 0 Å². The summed E-state index contributed by atoms with van der Waals surface area (Å²) in [6.45, 7) is 2.16. The van der Waals surface area contributed by atoms with Crippen molar-refractivity contribution in [3.8, 4) is 11.5 Å². The number of benzene rings is 4. The molecular formula is C29H24N2O3S2. The van der Waals surface area contributed by atoms with E-state index in [9.17, 15) is 4.79 Å². The molecule has 0 aliphatic carbocycles. The maximum atomic E-state index is 13.5. The van der Waals surface area contributed by atoms with Crippen molar-refractivity contribution in [1.29, 1.82) is 0 Å². The molecule has 36 heavy (non-hydrogen) atoms. The van der Waals surface area contributed by atoms with Crippen LogP contribution in [0, 0.1) is 0 Å². The van der Waals surface area contributed by atoms with Crippen LogP contribution in [0.15, 0.2) is 94.7 Å². The van der Waals surface area contributed by atoms with Crippen molar-refractivity contribution >= 4 is 42.4 Å². The Hall–Kier alpha value is -3.55. The molecule has 0 saturated heterocycles. The van der Waals surface area contributed by atoms with Crippen molar-refractivity contribution in [2.75, 3.05) is 23.3 Å². The quantitative estimate of drug-likeness (QED) is 0.251. The minimum Gasteiger partial charge on any atom is -0.473 e. The maximum absolute atomic E-state index is 13.5. The van der Waals surface area contributed by atoms with Crippen LogP contribution in [0.25, 0.3) is 0 Å². The van der Waals surface area contributed by atoms with Gasteiger partial charge in [-0.2, -0.15) is 0 Å². The van der Waals surface area contributed by atoms with Crippen LogP contribution in [0.4, 0.5) is 11.4 Å². The Morgan fingerprint density at radius 3 is 1.53 bits per heavy atom. The lowest BCUT2D eigenvalue weighted by Gasteiger charge is -2.32. The average molecular weight is 513 g/mol. The largest absolute Gasteiger partial charge is 0.473 e. The van der Waals surface area contributed by atoms with Gasteiger partial charge in [-0.25, -0.2) is 0 Å².